The number of rotatable bonds is 8. The smallest absolute Gasteiger partial charge is 0.389 e. The maximum absolute atomic E-state index is 11.8. The first kappa shape index (κ1) is 16.3. The lowest BCUT2D eigenvalue weighted by molar-refractivity contribution is -0.137. The van der Waals surface area contributed by atoms with Gasteiger partial charge < -0.3 is 9.47 Å². The van der Waals surface area contributed by atoms with Crippen LogP contribution in [0.25, 0.3) is 0 Å². The molecular weight excluding hydrogens is 271 g/mol. The maximum atomic E-state index is 11.8. The lowest BCUT2D eigenvalue weighted by Crippen LogP contribution is -2.10. The normalized spacial score (nSPS) is 11.1. The van der Waals surface area contributed by atoms with Crippen LogP contribution >= 0.6 is 0 Å². The molecule has 3 nitrogen and oxygen atoms in total. The van der Waals surface area contributed by atoms with E-state index in [0.717, 1.165) is 0 Å². The monoisotopic (exact) mass is 287 g/mol. The molecule has 0 aromatic heterocycles. The van der Waals surface area contributed by atoms with E-state index in [1.807, 2.05) is 6.07 Å². The van der Waals surface area contributed by atoms with Gasteiger partial charge in [0.25, 0.3) is 0 Å². The first-order chi connectivity index (χ1) is 9.53. The van der Waals surface area contributed by atoms with E-state index in [1.54, 1.807) is 24.3 Å². The van der Waals surface area contributed by atoms with Crippen molar-refractivity contribution in [3.8, 4) is 11.8 Å². The van der Waals surface area contributed by atoms with Crippen molar-refractivity contribution >= 4 is 0 Å². The third-order valence-corrected chi connectivity index (χ3v) is 2.45. The van der Waals surface area contributed by atoms with Crippen LogP contribution in [-0.2, 0) is 4.74 Å². The minimum atomic E-state index is -4.12. The fourth-order valence-electron chi connectivity index (χ4n) is 1.50. The summed E-state index contributed by atoms with van der Waals surface area (Å²) in [5.74, 6) is 0.507. The number of alkyl halides is 3. The van der Waals surface area contributed by atoms with Crippen molar-refractivity contribution in [3.63, 3.8) is 0 Å². The summed E-state index contributed by atoms with van der Waals surface area (Å²) in [6.07, 6.45) is -4.40. The third kappa shape index (κ3) is 7.00. The van der Waals surface area contributed by atoms with Gasteiger partial charge in [-0.2, -0.15) is 18.4 Å². The Balaban J connectivity index is 2.07. The SMILES string of the molecule is N#Cc1ccccc1OCCCOCCCC(F)(F)F. The van der Waals surface area contributed by atoms with Crippen molar-refractivity contribution in [2.24, 2.45) is 0 Å². The van der Waals surface area contributed by atoms with Crippen LogP contribution in [0.1, 0.15) is 24.8 Å². The van der Waals surface area contributed by atoms with Crippen LogP contribution in [0.2, 0.25) is 0 Å². The van der Waals surface area contributed by atoms with Crippen molar-refractivity contribution < 1.29 is 22.6 Å². The molecule has 0 unspecified atom stereocenters. The van der Waals surface area contributed by atoms with E-state index >= 15 is 0 Å². The zero-order valence-electron chi connectivity index (χ0n) is 10.9. The molecule has 0 fully saturated rings. The topological polar surface area (TPSA) is 42.2 Å². The molecule has 6 heteroatoms. The van der Waals surface area contributed by atoms with E-state index in [0.29, 0.717) is 30.9 Å². The highest BCUT2D eigenvalue weighted by Crippen LogP contribution is 2.21. The highest BCUT2D eigenvalue weighted by Gasteiger charge is 2.25. The number of ether oxygens (including phenoxy) is 2. The molecule has 0 saturated heterocycles. The van der Waals surface area contributed by atoms with Gasteiger partial charge in [-0.15, -0.1) is 0 Å². The molecule has 0 heterocycles. The lowest BCUT2D eigenvalue weighted by Gasteiger charge is -2.08. The molecular formula is C14H16F3NO2. The van der Waals surface area contributed by atoms with Crippen molar-refractivity contribution in [2.75, 3.05) is 19.8 Å². The Hall–Kier alpha value is -1.74. The average Bonchev–Trinajstić information content (AvgIpc) is 2.41. The minimum Gasteiger partial charge on any atom is -0.492 e. The van der Waals surface area contributed by atoms with Crippen LogP contribution in [0.5, 0.6) is 5.75 Å². The highest BCUT2D eigenvalue weighted by atomic mass is 19.4. The van der Waals surface area contributed by atoms with E-state index < -0.39 is 12.6 Å². The summed E-state index contributed by atoms with van der Waals surface area (Å²) in [6, 6.07) is 8.88. The van der Waals surface area contributed by atoms with Crippen LogP contribution in [0.3, 0.4) is 0 Å². The predicted octanol–water partition coefficient (Wildman–Crippen LogP) is 3.69. The molecule has 0 radical (unpaired) electrons. The number of nitriles is 1. The Kier molecular flexibility index (Phi) is 6.88. The molecule has 0 N–H and O–H groups in total. The summed E-state index contributed by atoms with van der Waals surface area (Å²) in [4.78, 5) is 0. The Labute approximate surface area is 115 Å². The number of hydrogen-bond acceptors (Lipinski definition) is 3. The second-order valence-electron chi connectivity index (χ2n) is 4.14. The summed E-state index contributed by atoms with van der Waals surface area (Å²) >= 11 is 0. The molecule has 1 rings (SSSR count). The molecule has 110 valence electrons. The largest absolute Gasteiger partial charge is 0.492 e. The van der Waals surface area contributed by atoms with Gasteiger partial charge in [-0.25, -0.2) is 0 Å². The van der Waals surface area contributed by atoms with Gasteiger partial charge in [0.1, 0.15) is 11.8 Å². The molecule has 0 amide bonds. The molecule has 0 atom stereocenters. The van der Waals surface area contributed by atoms with Crippen LogP contribution in [-0.4, -0.2) is 26.0 Å². The van der Waals surface area contributed by atoms with E-state index in [4.69, 9.17) is 14.7 Å². The number of halogens is 3. The van der Waals surface area contributed by atoms with Crippen LogP contribution in [0.15, 0.2) is 24.3 Å². The number of nitrogens with zero attached hydrogens (tertiary/aromatic N) is 1. The summed E-state index contributed by atoms with van der Waals surface area (Å²) < 4.78 is 46.0. The lowest BCUT2D eigenvalue weighted by atomic mass is 10.2. The third-order valence-electron chi connectivity index (χ3n) is 2.45. The van der Waals surface area contributed by atoms with Crippen LogP contribution in [0, 0.1) is 11.3 Å². The Morgan fingerprint density at radius 1 is 1.05 bits per heavy atom. The fourth-order valence-corrected chi connectivity index (χ4v) is 1.50. The predicted molar refractivity (Wildman–Crippen MR) is 67.4 cm³/mol. The Morgan fingerprint density at radius 2 is 1.75 bits per heavy atom. The van der Waals surface area contributed by atoms with Gasteiger partial charge in [-0.05, 0) is 18.6 Å². The molecule has 0 aliphatic carbocycles. The highest BCUT2D eigenvalue weighted by molar-refractivity contribution is 5.42. The van der Waals surface area contributed by atoms with E-state index in [1.165, 1.54) is 0 Å². The number of hydrogen-bond donors (Lipinski definition) is 0. The summed E-state index contributed by atoms with van der Waals surface area (Å²) in [7, 11) is 0. The standard InChI is InChI=1S/C14H16F3NO2/c15-14(16,17)7-3-8-19-9-4-10-20-13-6-2-1-5-12(13)11-18/h1-2,5-6H,3-4,7-10H2. The van der Waals surface area contributed by atoms with Crippen LogP contribution < -0.4 is 4.74 Å². The van der Waals surface area contributed by atoms with Gasteiger partial charge in [0.2, 0.25) is 0 Å². The van der Waals surface area contributed by atoms with Crippen molar-refractivity contribution in [1.29, 1.82) is 5.26 Å². The molecule has 1 aromatic rings. The summed E-state index contributed by atoms with van der Waals surface area (Å²) in [6.45, 7) is 0.791. The van der Waals surface area contributed by atoms with Gasteiger partial charge in [-0.1, -0.05) is 12.1 Å². The molecule has 0 saturated carbocycles. The Morgan fingerprint density at radius 3 is 2.45 bits per heavy atom. The maximum Gasteiger partial charge on any atom is 0.389 e. The molecule has 0 bridgehead atoms. The summed E-state index contributed by atoms with van der Waals surface area (Å²) in [5.41, 5.74) is 0.457. The van der Waals surface area contributed by atoms with Crippen molar-refractivity contribution in [2.45, 2.75) is 25.4 Å². The Bertz CT molecular complexity index is 441. The second-order valence-corrected chi connectivity index (χ2v) is 4.14. The van der Waals surface area contributed by atoms with Crippen LogP contribution in [0.4, 0.5) is 13.2 Å². The van der Waals surface area contributed by atoms with Gasteiger partial charge in [-0.3, -0.25) is 0 Å². The first-order valence-electron chi connectivity index (χ1n) is 6.29. The van der Waals surface area contributed by atoms with Gasteiger partial charge in [0, 0.05) is 26.1 Å². The second kappa shape index (κ2) is 8.43. The van der Waals surface area contributed by atoms with Crippen molar-refractivity contribution in [3.05, 3.63) is 29.8 Å². The molecule has 0 aliphatic heterocycles. The number of benzene rings is 1. The first-order valence-corrected chi connectivity index (χ1v) is 6.29. The quantitative estimate of drug-likeness (QED) is 0.685. The van der Waals surface area contributed by atoms with Gasteiger partial charge in [0.15, 0.2) is 0 Å². The molecule has 1 aromatic carbocycles. The zero-order valence-corrected chi connectivity index (χ0v) is 10.9. The molecule has 0 spiro atoms. The number of para-hydroxylation sites is 1. The van der Waals surface area contributed by atoms with Gasteiger partial charge >= 0.3 is 6.18 Å². The fraction of sp³-hybridized carbons (Fsp3) is 0.500. The van der Waals surface area contributed by atoms with Gasteiger partial charge in [0.05, 0.1) is 12.2 Å². The zero-order chi connectivity index (χ0) is 14.8. The van der Waals surface area contributed by atoms with E-state index in [2.05, 4.69) is 0 Å². The van der Waals surface area contributed by atoms with Crippen molar-refractivity contribution in [1.82, 2.24) is 0 Å². The van der Waals surface area contributed by atoms with E-state index in [-0.39, 0.29) is 13.0 Å². The summed E-state index contributed by atoms with van der Waals surface area (Å²) in [5, 5.41) is 8.84. The molecule has 0 aliphatic rings. The minimum absolute atomic E-state index is 0.0262. The average molecular weight is 287 g/mol. The molecule has 20 heavy (non-hydrogen) atoms. The van der Waals surface area contributed by atoms with E-state index in [9.17, 15) is 13.2 Å².